The topological polar surface area (TPSA) is 43.2 Å². The number of pyridine rings is 1. The highest BCUT2D eigenvalue weighted by atomic mass is 15.3. The van der Waals surface area contributed by atoms with Gasteiger partial charge in [0.05, 0.1) is 22.7 Å². The lowest BCUT2D eigenvalue weighted by molar-refractivity contribution is 1.17. The molecule has 2 heterocycles. The number of rotatable bonds is 4. The number of hydrogen-bond acceptors (Lipinski definition) is 4. The SMILES string of the molecule is N#Cc1cc(-c2ccc(-c3cccc(N4c5ccccc5N(c5ccccc5)c5ccccc54)c3)cc2)ccn1. The van der Waals surface area contributed by atoms with Crippen LogP contribution in [0.25, 0.3) is 22.3 Å². The van der Waals surface area contributed by atoms with Crippen molar-refractivity contribution in [3.8, 4) is 28.3 Å². The molecule has 188 valence electrons. The number of nitrogens with zero attached hydrogens (tertiary/aromatic N) is 4. The standard InChI is InChI=1S/C36H24N4/c37-25-30-23-29(21-22-38-30)27-19-17-26(18-20-27)28-9-8-12-32(24-28)40-35-15-6-4-13-33(35)39(31-10-2-1-3-11-31)34-14-5-7-16-36(34)40/h1-24H. The minimum Gasteiger partial charge on any atom is -0.306 e. The third kappa shape index (κ3) is 4.07. The molecule has 0 spiro atoms. The van der Waals surface area contributed by atoms with Gasteiger partial charge in [-0.05, 0) is 82.9 Å². The van der Waals surface area contributed by atoms with Crippen molar-refractivity contribution in [3.63, 3.8) is 0 Å². The molecule has 1 aliphatic heterocycles. The van der Waals surface area contributed by atoms with Gasteiger partial charge in [-0.3, -0.25) is 0 Å². The minimum absolute atomic E-state index is 0.419. The highest BCUT2D eigenvalue weighted by Gasteiger charge is 2.29. The molecule has 0 atom stereocenters. The van der Waals surface area contributed by atoms with Crippen molar-refractivity contribution in [2.45, 2.75) is 0 Å². The van der Waals surface area contributed by atoms with E-state index in [1.165, 1.54) is 0 Å². The van der Waals surface area contributed by atoms with Crippen LogP contribution in [0, 0.1) is 11.3 Å². The molecule has 4 nitrogen and oxygen atoms in total. The fraction of sp³-hybridized carbons (Fsp3) is 0. The van der Waals surface area contributed by atoms with E-state index in [1.54, 1.807) is 6.20 Å². The Kier molecular flexibility index (Phi) is 5.81. The third-order valence-corrected chi connectivity index (χ3v) is 7.27. The van der Waals surface area contributed by atoms with E-state index in [0.717, 1.165) is 56.4 Å². The molecule has 0 amide bonds. The fourth-order valence-electron chi connectivity index (χ4n) is 5.43. The van der Waals surface area contributed by atoms with E-state index >= 15 is 0 Å². The van der Waals surface area contributed by atoms with Crippen molar-refractivity contribution in [1.29, 1.82) is 5.26 Å². The predicted molar refractivity (Wildman–Crippen MR) is 163 cm³/mol. The summed E-state index contributed by atoms with van der Waals surface area (Å²) in [5.74, 6) is 0. The third-order valence-electron chi connectivity index (χ3n) is 7.27. The first-order chi connectivity index (χ1) is 19.8. The minimum atomic E-state index is 0.419. The summed E-state index contributed by atoms with van der Waals surface area (Å²) in [6, 6.07) is 50.7. The summed E-state index contributed by atoms with van der Waals surface area (Å²) in [6.07, 6.45) is 1.68. The Morgan fingerprint density at radius 3 is 1.52 bits per heavy atom. The number of fused-ring (bicyclic) bond motifs is 2. The molecule has 0 saturated carbocycles. The average molecular weight is 513 g/mol. The Bertz CT molecular complexity index is 1820. The Morgan fingerprint density at radius 2 is 0.950 bits per heavy atom. The first-order valence-electron chi connectivity index (χ1n) is 13.2. The molecule has 0 unspecified atom stereocenters. The van der Waals surface area contributed by atoms with Gasteiger partial charge >= 0.3 is 0 Å². The van der Waals surface area contributed by atoms with Gasteiger partial charge in [0.1, 0.15) is 11.8 Å². The Labute approximate surface area is 233 Å². The van der Waals surface area contributed by atoms with E-state index < -0.39 is 0 Å². The molecule has 0 fully saturated rings. The second-order valence-corrected chi connectivity index (χ2v) is 9.65. The Balaban J connectivity index is 1.30. The molecule has 7 rings (SSSR count). The smallest absolute Gasteiger partial charge is 0.141 e. The van der Waals surface area contributed by atoms with Crippen molar-refractivity contribution >= 4 is 34.1 Å². The second-order valence-electron chi connectivity index (χ2n) is 9.65. The summed E-state index contributed by atoms with van der Waals surface area (Å²) in [5.41, 5.74) is 11.5. The van der Waals surface area contributed by atoms with E-state index in [1.807, 2.05) is 12.1 Å². The summed E-state index contributed by atoms with van der Waals surface area (Å²) in [5, 5.41) is 9.21. The molecule has 5 aromatic carbocycles. The lowest BCUT2D eigenvalue weighted by Gasteiger charge is -2.40. The molecule has 4 heteroatoms. The van der Waals surface area contributed by atoms with Crippen molar-refractivity contribution in [3.05, 3.63) is 151 Å². The molecule has 40 heavy (non-hydrogen) atoms. The van der Waals surface area contributed by atoms with E-state index in [4.69, 9.17) is 0 Å². The van der Waals surface area contributed by atoms with Crippen LogP contribution in [0.3, 0.4) is 0 Å². The summed E-state index contributed by atoms with van der Waals surface area (Å²) < 4.78 is 0. The van der Waals surface area contributed by atoms with Gasteiger partial charge in [0.25, 0.3) is 0 Å². The zero-order chi connectivity index (χ0) is 26.9. The molecule has 1 aliphatic rings. The van der Waals surface area contributed by atoms with Gasteiger partial charge in [-0.1, -0.05) is 78.9 Å². The zero-order valence-corrected chi connectivity index (χ0v) is 21.6. The first kappa shape index (κ1) is 23.5. The van der Waals surface area contributed by atoms with Crippen LogP contribution in [0.4, 0.5) is 34.1 Å². The van der Waals surface area contributed by atoms with Crippen molar-refractivity contribution in [1.82, 2.24) is 4.98 Å². The van der Waals surface area contributed by atoms with Crippen LogP contribution in [0.1, 0.15) is 5.69 Å². The molecule has 0 bridgehead atoms. The monoisotopic (exact) mass is 512 g/mol. The van der Waals surface area contributed by atoms with Gasteiger partial charge in [-0.2, -0.15) is 5.26 Å². The Hall–Kier alpha value is -5.66. The predicted octanol–water partition coefficient (Wildman–Crippen LogP) is 9.54. The normalized spacial score (nSPS) is 11.9. The number of para-hydroxylation sites is 5. The maximum atomic E-state index is 9.21. The van der Waals surface area contributed by atoms with Gasteiger partial charge in [-0.15, -0.1) is 0 Å². The van der Waals surface area contributed by atoms with Crippen molar-refractivity contribution in [2.75, 3.05) is 9.80 Å². The van der Waals surface area contributed by atoms with Crippen molar-refractivity contribution in [2.24, 2.45) is 0 Å². The highest BCUT2D eigenvalue weighted by Crippen LogP contribution is 2.54. The van der Waals surface area contributed by atoms with Crippen molar-refractivity contribution < 1.29 is 0 Å². The highest BCUT2D eigenvalue weighted by molar-refractivity contribution is 6.01. The van der Waals surface area contributed by atoms with Crippen LogP contribution in [-0.4, -0.2) is 4.98 Å². The van der Waals surface area contributed by atoms with E-state index in [-0.39, 0.29) is 0 Å². The Morgan fingerprint density at radius 1 is 0.450 bits per heavy atom. The number of aromatic nitrogens is 1. The van der Waals surface area contributed by atoms with E-state index in [0.29, 0.717) is 5.69 Å². The number of nitriles is 1. The molecule has 0 saturated heterocycles. The van der Waals surface area contributed by atoms with Crippen LogP contribution in [0.5, 0.6) is 0 Å². The maximum Gasteiger partial charge on any atom is 0.141 e. The summed E-state index contributed by atoms with van der Waals surface area (Å²) in [4.78, 5) is 8.77. The quantitative estimate of drug-likeness (QED) is 0.235. The molecular weight excluding hydrogens is 488 g/mol. The van der Waals surface area contributed by atoms with Crippen LogP contribution >= 0.6 is 0 Å². The zero-order valence-electron chi connectivity index (χ0n) is 21.6. The maximum absolute atomic E-state index is 9.21. The van der Waals surface area contributed by atoms with Crippen LogP contribution < -0.4 is 9.80 Å². The van der Waals surface area contributed by atoms with Gasteiger partial charge in [-0.25, -0.2) is 4.98 Å². The second kappa shape index (κ2) is 9.90. The van der Waals surface area contributed by atoms with Crippen LogP contribution in [0.2, 0.25) is 0 Å². The van der Waals surface area contributed by atoms with Gasteiger partial charge in [0.15, 0.2) is 0 Å². The van der Waals surface area contributed by atoms with Gasteiger partial charge in [0, 0.05) is 17.6 Å². The van der Waals surface area contributed by atoms with Crippen LogP contribution in [0.15, 0.2) is 146 Å². The number of anilines is 6. The van der Waals surface area contributed by atoms with E-state index in [9.17, 15) is 5.26 Å². The van der Waals surface area contributed by atoms with Crippen LogP contribution in [-0.2, 0) is 0 Å². The lowest BCUT2D eigenvalue weighted by atomic mass is 9.99. The molecule has 0 aliphatic carbocycles. The fourth-order valence-corrected chi connectivity index (χ4v) is 5.43. The van der Waals surface area contributed by atoms with Gasteiger partial charge in [0.2, 0.25) is 0 Å². The average Bonchev–Trinajstić information content (AvgIpc) is 3.04. The molecule has 1 aromatic heterocycles. The lowest BCUT2D eigenvalue weighted by Crippen LogP contribution is -2.23. The summed E-state index contributed by atoms with van der Waals surface area (Å²) in [6.45, 7) is 0. The molecule has 6 aromatic rings. The molecular formula is C36H24N4. The van der Waals surface area contributed by atoms with E-state index in [2.05, 4.69) is 148 Å². The number of hydrogen-bond donors (Lipinski definition) is 0. The summed E-state index contributed by atoms with van der Waals surface area (Å²) in [7, 11) is 0. The first-order valence-corrected chi connectivity index (χ1v) is 13.2. The molecule has 0 N–H and O–H groups in total. The van der Waals surface area contributed by atoms with Gasteiger partial charge < -0.3 is 9.80 Å². The summed E-state index contributed by atoms with van der Waals surface area (Å²) >= 11 is 0. The molecule has 0 radical (unpaired) electrons. The number of benzene rings is 5. The largest absolute Gasteiger partial charge is 0.306 e.